The third kappa shape index (κ3) is 2.09. The van der Waals surface area contributed by atoms with E-state index in [-0.39, 0.29) is 6.42 Å². The lowest BCUT2D eigenvalue weighted by molar-refractivity contribution is -0.137. The van der Waals surface area contributed by atoms with Crippen LogP contribution in [0.5, 0.6) is 0 Å². The van der Waals surface area contributed by atoms with Gasteiger partial charge in [-0.15, -0.1) is 0 Å². The minimum Gasteiger partial charge on any atom is -0.481 e. The van der Waals surface area contributed by atoms with Crippen molar-refractivity contribution in [2.75, 3.05) is 0 Å². The van der Waals surface area contributed by atoms with E-state index in [1.165, 1.54) is 0 Å². The Morgan fingerprint density at radius 1 is 1.56 bits per heavy atom. The van der Waals surface area contributed by atoms with Crippen molar-refractivity contribution >= 4 is 32.9 Å². The van der Waals surface area contributed by atoms with E-state index in [1.54, 1.807) is 0 Å². The number of carbonyl (C=O) groups is 1. The molecule has 0 atom stereocenters. The molecular formula is C11H11BrN2O2. The van der Waals surface area contributed by atoms with Gasteiger partial charge in [0.25, 0.3) is 0 Å². The topological polar surface area (TPSA) is 55.1 Å². The molecular weight excluding hydrogens is 272 g/mol. The van der Waals surface area contributed by atoms with Crippen LogP contribution in [0, 0.1) is 0 Å². The molecule has 0 aliphatic rings. The number of nitrogens with zero attached hydrogens (tertiary/aromatic N) is 2. The quantitative estimate of drug-likeness (QED) is 0.940. The van der Waals surface area contributed by atoms with Crippen LogP contribution in [-0.2, 0) is 18.3 Å². The summed E-state index contributed by atoms with van der Waals surface area (Å²) in [6.45, 7) is 0. The van der Waals surface area contributed by atoms with Gasteiger partial charge in [-0.3, -0.25) is 4.79 Å². The largest absolute Gasteiger partial charge is 0.481 e. The molecule has 1 heterocycles. The van der Waals surface area contributed by atoms with E-state index in [2.05, 4.69) is 20.9 Å². The van der Waals surface area contributed by atoms with Gasteiger partial charge in [0.15, 0.2) is 0 Å². The summed E-state index contributed by atoms with van der Waals surface area (Å²) >= 11 is 3.40. The van der Waals surface area contributed by atoms with Gasteiger partial charge in [-0.05, 0) is 18.2 Å². The molecule has 0 aliphatic heterocycles. The second-order valence-electron chi connectivity index (χ2n) is 3.61. The Labute approximate surface area is 101 Å². The number of fused-ring (bicyclic) bond motifs is 1. The van der Waals surface area contributed by atoms with Crippen LogP contribution in [0.3, 0.4) is 0 Å². The SMILES string of the molecule is Cn1c(CCC(=O)O)nc2ccc(Br)cc21. The fourth-order valence-corrected chi connectivity index (χ4v) is 2.00. The van der Waals surface area contributed by atoms with E-state index < -0.39 is 5.97 Å². The fourth-order valence-electron chi connectivity index (χ4n) is 1.66. The van der Waals surface area contributed by atoms with Crippen molar-refractivity contribution in [3.05, 3.63) is 28.5 Å². The van der Waals surface area contributed by atoms with Crippen molar-refractivity contribution in [1.29, 1.82) is 0 Å². The number of aryl methyl sites for hydroxylation is 2. The number of benzene rings is 1. The summed E-state index contributed by atoms with van der Waals surface area (Å²) < 4.78 is 2.93. The van der Waals surface area contributed by atoms with Crippen LogP contribution in [0.1, 0.15) is 12.2 Å². The van der Waals surface area contributed by atoms with Crippen LogP contribution in [0.2, 0.25) is 0 Å². The molecule has 0 fully saturated rings. The highest BCUT2D eigenvalue weighted by Crippen LogP contribution is 2.20. The number of carboxylic acids is 1. The standard InChI is InChI=1S/C11H11BrN2O2/c1-14-9-6-7(12)2-3-8(9)13-10(14)4-5-11(15)16/h2-3,6H,4-5H2,1H3,(H,15,16). The lowest BCUT2D eigenvalue weighted by atomic mass is 10.3. The molecule has 0 aliphatic carbocycles. The van der Waals surface area contributed by atoms with Crippen molar-refractivity contribution < 1.29 is 9.90 Å². The zero-order chi connectivity index (χ0) is 11.7. The molecule has 0 unspecified atom stereocenters. The van der Waals surface area contributed by atoms with Crippen LogP contribution < -0.4 is 0 Å². The highest BCUT2D eigenvalue weighted by atomic mass is 79.9. The zero-order valence-electron chi connectivity index (χ0n) is 8.77. The van der Waals surface area contributed by atoms with Gasteiger partial charge in [0, 0.05) is 17.9 Å². The zero-order valence-corrected chi connectivity index (χ0v) is 10.4. The highest BCUT2D eigenvalue weighted by molar-refractivity contribution is 9.10. The second-order valence-corrected chi connectivity index (χ2v) is 4.53. The van der Waals surface area contributed by atoms with Gasteiger partial charge < -0.3 is 9.67 Å². The number of hydrogen-bond acceptors (Lipinski definition) is 2. The van der Waals surface area contributed by atoms with Crippen LogP contribution in [0.4, 0.5) is 0 Å². The molecule has 84 valence electrons. The molecule has 1 aromatic heterocycles. The second kappa shape index (κ2) is 4.25. The van der Waals surface area contributed by atoms with Gasteiger partial charge in [0.05, 0.1) is 17.5 Å². The maximum absolute atomic E-state index is 10.5. The Hall–Kier alpha value is -1.36. The molecule has 2 aromatic rings. The van der Waals surface area contributed by atoms with Gasteiger partial charge >= 0.3 is 5.97 Å². The summed E-state index contributed by atoms with van der Waals surface area (Å²) in [7, 11) is 1.90. The highest BCUT2D eigenvalue weighted by Gasteiger charge is 2.09. The maximum atomic E-state index is 10.5. The Balaban J connectivity index is 2.40. The molecule has 1 N–H and O–H groups in total. The summed E-state index contributed by atoms with van der Waals surface area (Å²) in [5, 5.41) is 8.64. The van der Waals surface area contributed by atoms with Gasteiger partial charge in [-0.1, -0.05) is 15.9 Å². The molecule has 0 amide bonds. The average Bonchev–Trinajstić information content (AvgIpc) is 2.53. The normalized spacial score (nSPS) is 10.9. The van der Waals surface area contributed by atoms with Gasteiger partial charge in [0.2, 0.25) is 0 Å². The Bertz CT molecular complexity index is 548. The van der Waals surface area contributed by atoms with Crippen LogP contribution in [0.25, 0.3) is 11.0 Å². The van der Waals surface area contributed by atoms with Crippen molar-refractivity contribution in [2.24, 2.45) is 7.05 Å². The van der Waals surface area contributed by atoms with E-state index in [1.807, 2.05) is 29.8 Å². The fraction of sp³-hybridized carbons (Fsp3) is 0.273. The molecule has 0 saturated carbocycles. The number of halogens is 1. The monoisotopic (exact) mass is 282 g/mol. The summed E-state index contributed by atoms with van der Waals surface area (Å²) in [4.78, 5) is 14.9. The number of aromatic nitrogens is 2. The molecule has 16 heavy (non-hydrogen) atoms. The molecule has 0 bridgehead atoms. The van der Waals surface area contributed by atoms with Crippen LogP contribution in [-0.4, -0.2) is 20.6 Å². The first-order valence-electron chi connectivity index (χ1n) is 4.90. The van der Waals surface area contributed by atoms with Crippen LogP contribution in [0.15, 0.2) is 22.7 Å². The first kappa shape index (κ1) is 11.1. The minimum absolute atomic E-state index is 0.109. The predicted molar refractivity (Wildman–Crippen MR) is 64.4 cm³/mol. The molecule has 0 spiro atoms. The van der Waals surface area contributed by atoms with Gasteiger partial charge in [-0.25, -0.2) is 4.98 Å². The third-order valence-corrected chi connectivity index (χ3v) is 2.99. The van der Waals surface area contributed by atoms with Gasteiger partial charge in [0.1, 0.15) is 5.82 Å². The van der Waals surface area contributed by atoms with E-state index >= 15 is 0 Å². The van der Waals surface area contributed by atoms with E-state index in [9.17, 15) is 4.79 Å². The molecule has 4 nitrogen and oxygen atoms in total. The minimum atomic E-state index is -0.798. The molecule has 2 rings (SSSR count). The van der Waals surface area contributed by atoms with Crippen molar-refractivity contribution in [2.45, 2.75) is 12.8 Å². The Kier molecular flexibility index (Phi) is 2.96. The van der Waals surface area contributed by atoms with E-state index in [0.29, 0.717) is 6.42 Å². The van der Waals surface area contributed by atoms with Crippen molar-refractivity contribution in [3.63, 3.8) is 0 Å². The maximum Gasteiger partial charge on any atom is 0.303 e. The van der Waals surface area contributed by atoms with E-state index in [4.69, 9.17) is 5.11 Å². The molecule has 0 saturated heterocycles. The van der Waals surface area contributed by atoms with Crippen molar-refractivity contribution in [1.82, 2.24) is 9.55 Å². The number of hydrogen-bond donors (Lipinski definition) is 1. The molecule has 0 radical (unpaired) electrons. The van der Waals surface area contributed by atoms with Crippen LogP contribution >= 0.6 is 15.9 Å². The smallest absolute Gasteiger partial charge is 0.303 e. The van der Waals surface area contributed by atoms with Crippen molar-refractivity contribution in [3.8, 4) is 0 Å². The molecule has 1 aromatic carbocycles. The van der Waals surface area contributed by atoms with Gasteiger partial charge in [-0.2, -0.15) is 0 Å². The Morgan fingerprint density at radius 2 is 2.31 bits per heavy atom. The lowest BCUT2D eigenvalue weighted by Gasteiger charge is -2.00. The Morgan fingerprint density at radius 3 is 3.00 bits per heavy atom. The lowest BCUT2D eigenvalue weighted by Crippen LogP contribution is -2.03. The number of imidazole rings is 1. The first-order chi connectivity index (χ1) is 7.58. The average molecular weight is 283 g/mol. The summed E-state index contributed by atoms with van der Waals surface area (Å²) in [5.74, 6) is 0.00346. The van der Waals surface area contributed by atoms with E-state index in [0.717, 1.165) is 21.3 Å². The number of rotatable bonds is 3. The molecule has 5 heteroatoms. The summed E-state index contributed by atoms with van der Waals surface area (Å²) in [6.07, 6.45) is 0.566. The summed E-state index contributed by atoms with van der Waals surface area (Å²) in [6, 6.07) is 5.83. The number of carboxylic acid groups (broad SMARTS) is 1. The number of aliphatic carboxylic acids is 1. The third-order valence-electron chi connectivity index (χ3n) is 2.50. The first-order valence-corrected chi connectivity index (χ1v) is 5.70. The summed E-state index contributed by atoms with van der Waals surface area (Å²) in [5.41, 5.74) is 1.90. The predicted octanol–water partition coefficient (Wildman–Crippen LogP) is 2.35.